The Bertz CT molecular complexity index is 955. The maximum absolute atomic E-state index is 12.7. The molecule has 0 aliphatic carbocycles. The van der Waals surface area contributed by atoms with Gasteiger partial charge in [-0.2, -0.15) is 4.68 Å². The van der Waals surface area contributed by atoms with Gasteiger partial charge in [-0.05, 0) is 53.8 Å². The van der Waals surface area contributed by atoms with Crippen LogP contribution >= 0.6 is 11.8 Å². The van der Waals surface area contributed by atoms with Crippen molar-refractivity contribution in [2.45, 2.75) is 45.3 Å². The van der Waals surface area contributed by atoms with Crippen LogP contribution in [0.3, 0.4) is 0 Å². The molecule has 0 radical (unpaired) electrons. The summed E-state index contributed by atoms with van der Waals surface area (Å²) in [5, 5.41) is 15.8. The number of hydrogen-bond donors (Lipinski definition) is 1. The first-order valence-corrected chi connectivity index (χ1v) is 10.8. The lowest BCUT2D eigenvalue weighted by Gasteiger charge is -2.21. The first-order valence-electron chi connectivity index (χ1n) is 9.77. The van der Waals surface area contributed by atoms with Gasteiger partial charge in [-0.1, -0.05) is 73.6 Å². The van der Waals surface area contributed by atoms with E-state index in [-0.39, 0.29) is 17.7 Å². The Morgan fingerprint density at radius 1 is 1.14 bits per heavy atom. The Balaban J connectivity index is 1.67. The zero-order valence-electron chi connectivity index (χ0n) is 17.3. The standard InChI is InChI=1S/C22H27N5OS/c1-15(2)12-19(18-8-6-5-7-9-18)23-21(28)14-29-22-24-25-26-27(22)20-11-10-16(3)13-17(20)4/h5-11,13,15,19H,12,14H2,1-4H3,(H,23,28)/t19-/m0/s1. The number of aryl methyl sites for hydroxylation is 2. The second kappa shape index (κ2) is 9.69. The van der Waals surface area contributed by atoms with Crippen molar-refractivity contribution in [3.05, 3.63) is 65.2 Å². The molecule has 152 valence electrons. The molecule has 1 aromatic heterocycles. The predicted molar refractivity (Wildman–Crippen MR) is 116 cm³/mol. The van der Waals surface area contributed by atoms with Gasteiger partial charge in [-0.15, -0.1) is 5.10 Å². The Kier molecular flexibility index (Phi) is 7.04. The first-order chi connectivity index (χ1) is 13.9. The molecule has 0 aliphatic rings. The quantitative estimate of drug-likeness (QED) is 0.562. The minimum absolute atomic E-state index is 0.000335. The third-order valence-electron chi connectivity index (χ3n) is 4.60. The van der Waals surface area contributed by atoms with Gasteiger partial charge in [0, 0.05) is 0 Å². The number of amides is 1. The molecule has 3 rings (SSSR count). The number of rotatable bonds is 8. The minimum Gasteiger partial charge on any atom is -0.349 e. The number of aromatic nitrogens is 4. The number of nitrogens with one attached hydrogen (secondary N) is 1. The molecule has 0 fully saturated rings. The van der Waals surface area contributed by atoms with E-state index < -0.39 is 0 Å². The lowest BCUT2D eigenvalue weighted by atomic mass is 9.97. The highest BCUT2D eigenvalue weighted by atomic mass is 32.2. The fourth-order valence-electron chi connectivity index (χ4n) is 3.26. The van der Waals surface area contributed by atoms with Gasteiger partial charge in [0.2, 0.25) is 11.1 Å². The molecule has 1 amide bonds. The molecule has 3 aromatic rings. The summed E-state index contributed by atoms with van der Waals surface area (Å²) in [6.07, 6.45) is 0.890. The monoisotopic (exact) mass is 409 g/mol. The summed E-state index contributed by atoms with van der Waals surface area (Å²) in [4.78, 5) is 12.7. The molecule has 7 heteroatoms. The molecule has 0 bridgehead atoms. The van der Waals surface area contributed by atoms with Crippen molar-refractivity contribution in [2.75, 3.05) is 5.75 Å². The molecule has 0 saturated carbocycles. The van der Waals surface area contributed by atoms with Crippen molar-refractivity contribution in [1.29, 1.82) is 0 Å². The number of thioether (sulfide) groups is 1. The number of carbonyl (C=O) groups is 1. The molecule has 1 N–H and O–H groups in total. The molecular weight excluding hydrogens is 382 g/mol. The Hall–Kier alpha value is -2.67. The van der Waals surface area contributed by atoms with Crippen LogP contribution in [-0.4, -0.2) is 31.9 Å². The summed E-state index contributed by atoms with van der Waals surface area (Å²) >= 11 is 1.34. The number of hydrogen-bond acceptors (Lipinski definition) is 5. The van der Waals surface area contributed by atoms with Crippen LogP contribution in [0.25, 0.3) is 5.69 Å². The maximum atomic E-state index is 12.7. The van der Waals surface area contributed by atoms with E-state index in [4.69, 9.17) is 0 Å². The van der Waals surface area contributed by atoms with Crippen molar-refractivity contribution >= 4 is 17.7 Å². The summed E-state index contributed by atoms with van der Waals surface area (Å²) in [7, 11) is 0. The molecular formula is C22H27N5OS. The van der Waals surface area contributed by atoms with Crippen LogP contribution in [-0.2, 0) is 4.79 Å². The topological polar surface area (TPSA) is 72.7 Å². The van der Waals surface area contributed by atoms with Gasteiger partial charge in [0.1, 0.15) is 0 Å². The van der Waals surface area contributed by atoms with Crippen molar-refractivity contribution in [3.63, 3.8) is 0 Å². The molecule has 0 unspecified atom stereocenters. The summed E-state index contributed by atoms with van der Waals surface area (Å²) < 4.78 is 1.69. The zero-order valence-corrected chi connectivity index (χ0v) is 18.1. The molecule has 1 heterocycles. The Morgan fingerprint density at radius 2 is 1.90 bits per heavy atom. The molecule has 6 nitrogen and oxygen atoms in total. The van der Waals surface area contributed by atoms with Gasteiger partial charge >= 0.3 is 0 Å². The highest BCUT2D eigenvalue weighted by Gasteiger charge is 2.18. The van der Waals surface area contributed by atoms with Gasteiger partial charge in [0.25, 0.3) is 0 Å². The van der Waals surface area contributed by atoms with Crippen molar-refractivity contribution < 1.29 is 4.79 Å². The molecule has 1 atom stereocenters. The van der Waals surface area contributed by atoms with Crippen LogP contribution < -0.4 is 5.32 Å². The van der Waals surface area contributed by atoms with Crippen molar-refractivity contribution in [1.82, 2.24) is 25.5 Å². The van der Waals surface area contributed by atoms with Crippen LogP contribution in [0.15, 0.2) is 53.7 Å². The van der Waals surface area contributed by atoms with E-state index in [1.807, 2.05) is 37.3 Å². The largest absolute Gasteiger partial charge is 0.349 e. The predicted octanol–water partition coefficient (Wildman–Crippen LogP) is 4.27. The number of carbonyl (C=O) groups excluding carboxylic acids is 1. The second-order valence-electron chi connectivity index (χ2n) is 7.61. The first kappa shape index (κ1) is 21.0. The molecule has 0 saturated heterocycles. The normalized spacial score (nSPS) is 12.2. The lowest BCUT2D eigenvalue weighted by molar-refractivity contribution is -0.119. The maximum Gasteiger partial charge on any atom is 0.230 e. The smallest absolute Gasteiger partial charge is 0.230 e. The third kappa shape index (κ3) is 5.67. The average Bonchev–Trinajstić information content (AvgIpc) is 3.14. The summed E-state index contributed by atoms with van der Waals surface area (Å²) in [5.74, 6) is 0.705. The molecule has 2 aromatic carbocycles. The van der Waals surface area contributed by atoms with Gasteiger partial charge in [-0.3, -0.25) is 4.79 Å². The van der Waals surface area contributed by atoms with Crippen LogP contribution in [0.2, 0.25) is 0 Å². The van der Waals surface area contributed by atoms with Gasteiger partial charge in [0.15, 0.2) is 0 Å². The van der Waals surface area contributed by atoms with E-state index in [2.05, 4.69) is 59.8 Å². The van der Waals surface area contributed by atoms with Crippen molar-refractivity contribution in [3.8, 4) is 5.69 Å². The number of nitrogens with zero attached hydrogens (tertiary/aromatic N) is 4. The van der Waals surface area contributed by atoms with E-state index in [1.54, 1.807) is 4.68 Å². The number of benzene rings is 2. The minimum atomic E-state index is -0.0281. The lowest BCUT2D eigenvalue weighted by Crippen LogP contribution is -2.31. The second-order valence-corrected chi connectivity index (χ2v) is 8.55. The molecule has 0 spiro atoms. The van der Waals surface area contributed by atoms with E-state index in [0.29, 0.717) is 11.1 Å². The van der Waals surface area contributed by atoms with Crippen molar-refractivity contribution in [2.24, 2.45) is 5.92 Å². The van der Waals surface area contributed by atoms with Gasteiger partial charge in [0.05, 0.1) is 17.5 Å². The van der Waals surface area contributed by atoms with Crippen LogP contribution in [0.4, 0.5) is 0 Å². The molecule has 29 heavy (non-hydrogen) atoms. The highest BCUT2D eigenvalue weighted by Crippen LogP contribution is 2.23. The zero-order chi connectivity index (χ0) is 20.8. The summed E-state index contributed by atoms with van der Waals surface area (Å²) in [5.41, 5.74) is 4.32. The third-order valence-corrected chi connectivity index (χ3v) is 5.52. The van der Waals surface area contributed by atoms with E-state index >= 15 is 0 Å². The van der Waals surface area contributed by atoms with E-state index in [0.717, 1.165) is 23.2 Å². The summed E-state index contributed by atoms with van der Waals surface area (Å²) in [6, 6.07) is 16.2. The van der Waals surface area contributed by atoms with Crippen LogP contribution in [0.5, 0.6) is 0 Å². The van der Waals surface area contributed by atoms with E-state index in [9.17, 15) is 4.79 Å². The fourth-order valence-corrected chi connectivity index (χ4v) is 3.96. The SMILES string of the molecule is Cc1ccc(-n2nnnc2SCC(=O)N[C@@H](CC(C)C)c2ccccc2)c(C)c1. The average molecular weight is 410 g/mol. The van der Waals surface area contributed by atoms with Gasteiger partial charge in [-0.25, -0.2) is 0 Å². The Morgan fingerprint density at radius 3 is 2.59 bits per heavy atom. The summed E-state index contributed by atoms with van der Waals surface area (Å²) in [6.45, 7) is 8.40. The molecule has 0 aliphatic heterocycles. The van der Waals surface area contributed by atoms with Gasteiger partial charge < -0.3 is 5.32 Å². The van der Waals surface area contributed by atoms with Crippen LogP contribution in [0, 0.1) is 19.8 Å². The highest BCUT2D eigenvalue weighted by molar-refractivity contribution is 7.99. The van der Waals surface area contributed by atoms with E-state index in [1.165, 1.54) is 17.3 Å². The Labute approximate surface area is 176 Å². The van der Waals surface area contributed by atoms with Crippen LogP contribution in [0.1, 0.15) is 43.0 Å². The fraction of sp³-hybridized carbons (Fsp3) is 0.364. The number of tetrazole rings is 1.